The molecule has 8 heteroatoms. The number of halogens is 3. The van der Waals surface area contributed by atoms with Gasteiger partial charge >= 0.3 is 0 Å². The van der Waals surface area contributed by atoms with E-state index in [-0.39, 0.29) is 24.3 Å². The fourth-order valence-electron chi connectivity index (χ4n) is 2.04. The second-order valence-electron chi connectivity index (χ2n) is 4.54. The Kier molecular flexibility index (Phi) is 5.22. The Bertz CT molecular complexity index is 603. The lowest BCUT2D eigenvalue weighted by molar-refractivity contribution is 0.0246. The fourth-order valence-corrected chi connectivity index (χ4v) is 2.04. The van der Waals surface area contributed by atoms with Gasteiger partial charge in [0.1, 0.15) is 0 Å². The maximum absolute atomic E-state index is 13.2. The summed E-state index contributed by atoms with van der Waals surface area (Å²) in [6.07, 6.45) is 0.478. The van der Waals surface area contributed by atoms with E-state index in [0.717, 1.165) is 25.2 Å². The highest BCUT2D eigenvalue weighted by atomic mass is 35.5. The van der Waals surface area contributed by atoms with Crippen LogP contribution in [0.2, 0.25) is 0 Å². The third-order valence-corrected chi connectivity index (χ3v) is 3.05. The molecule has 1 fully saturated rings. The smallest absolute Gasteiger partial charge is 0.229 e. The van der Waals surface area contributed by atoms with E-state index in [1.54, 1.807) is 0 Å². The van der Waals surface area contributed by atoms with E-state index >= 15 is 0 Å². The third-order valence-electron chi connectivity index (χ3n) is 3.05. The summed E-state index contributed by atoms with van der Waals surface area (Å²) in [6.45, 7) is 2.21. The second-order valence-corrected chi connectivity index (χ2v) is 4.54. The van der Waals surface area contributed by atoms with Crippen LogP contribution < -0.4 is 5.32 Å². The van der Waals surface area contributed by atoms with Crippen molar-refractivity contribution in [3.05, 3.63) is 35.7 Å². The van der Waals surface area contributed by atoms with Crippen LogP contribution in [-0.4, -0.2) is 35.9 Å². The molecule has 1 aliphatic heterocycles. The van der Waals surface area contributed by atoms with Gasteiger partial charge in [-0.25, -0.2) is 8.78 Å². The van der Waals surface area contributed by atoms with E-state index in [0.29, 0.717) is 24.5 Å². The van der Waals surface area contributed by atoms with Crippen LogP contribution in [0.5, 0.6) is 0 Å². The molecule has 3 rings (SSSR count). The van der Waals surface area contributed by atoms with Crippen molar-refractivity contribution in [3.8, 4) is 11.4 Å². The molecule has 0 bridgehead atoms. The van der Waals surface area contributed by atoms with Gasteiger partial charge < -0.3 is 14.6 Å². The Hall–Kier alpha value is -1.57. The number of hydrogen-bond acceptors (Lipinski definition) is 5. The van der Waals surface area contributed by atoms with Crippen LogP contribution in [0.1, 0.15) is 5.89 Å². The summed E-state index contributed by atoms with van der Waals surface area (Å²) in [7, 11) is 0. The molecule has 0 spiro atoms. The molecule has 114 valence electrons. The van der Waals surface area contributed by atoms with Gasteiger partial charge in [-0.05, 0) is 18.2 Å². The molecule has 5 nitrogen and oxygen atoms in total. The topological polar surface area (TPSA) is 60.2 Å². The van der Waals surface area contributed by atoms with Crippen molar-refractivity contribution in [3.63, 3.8) is 0 Å². The minimum atomic E-state index is -0.936. The quantitative estimate of drug-likeness (QED) is 0.938. The summed E-state index contributed by atoms with van der Waals surface area (Å²) in [5.41, 5.74) is 0.376. The molecular formula is C13H14ClF2N3O2. The average Bonchev–Trinajstić information content (AvgIpc) is 2.91. The Morgan fingerprint density at radius 3 is 2.86 bits per heavy atom. The summed E-state index contributed by atoms with van der Waals surface area (Å²) in [5.74, 6) is -1.19. The number of benzene rings is 1. The number of rotatable bonds is 3. The van der Waals surface area contributed by atoms with Crippen molar-refractivity contribution in [2.45, 2.75) is 12.5 Å². The Labute approximate surface area is 126 Å². The Morgan fingerprint density at radius 2 is 2.14 bits per heavy atom. The monoisotopic (exact) mass is 317 g/mol. The molecule has 0 amide bonds. The van der Waals surface area contributed by atoms with Gasteiger partial charge in [-0.3, -0.25) is 0 Å². The second kappa shape index (κ2) is 6.93. The largest absolute Gasteiger partial charge is 0.375 e. The number of aromatic nitrogens is 2. The molecule has 1 atom stereocenters. The number of hydrogen-bond donors (Lipinski definition) is 1. The molecule has 21 heavy (non-hydrogen) atoms. The standard InChI is InChI=1S/C13H13F2N3O2.ClH/c14-10-2-1-8(5-11(10)15)13-17-12(20-18-13)6-9-7-16-3-4-19-9;/h1-2,5,9,16H,3-4,6-7H2;1H. The molecule has 1 aliphatic rings. The van der Waals surface area contributed by atoms with Crippen molar-refractivity contribution in [2.24, 2.45) is 0 Å². The molecule has 2 heterocycles. The molecule has 0 aliphatic carbocycles. The van der Waals surface area contributed by atoms with Gasteiger partial charge in [0.25, 0.3) is 0 Å². The number of nitrogens with one attached hydrogen (secondary N) is 1. The lowest BCUT2D eigenvalue weighted by Crippen LogP contribution is -2.39. The molecule has 1 aromatic heterocycles. The number of morpholine rings is 1. The Balaban J connectivity index is 0.00000161. The van der Waals surface area contributed by atoms with Crippen LogP contribution in [-0.2, 0) is 11.2 Å². The minimum absolute atomic E-state index is 0. The summed E-state index contributed by atoms with van der Waals surface area (Å²) in [5, 5.41) is 6.97. The highest BCUT2D eigenvalue weighted by Crippen LogP contribution is 2.19. The van der Waals surface area contributed by atoms with E-state index < -0.39 is 11.6 Å². The summed E-state index contributed by atoms with van der Waals surface area (Å²) >= 11 is 0. The van der Waals surface area contributed by atoms with Crippen molar-refractivity contribution < 1.29 is 18.0 Å². The molecule has 1 aromatic carbocycles. The van der Waals surface area contributed by atoms with Gasteiger partial charge in [0.2, 0.25) is 11.7 Å². The van der Waals surface area contributed by atoms with Crippen molar-refractivity contribution in [2.75, 3.05) is 19.7 Å². The van der Waals surface area contributed by atoms with Crippen LogP contribution in [0.15, 0.2) is 22.7 Å². The maximum atomic E-state index is 13.2. The van der Waals surface area contributed by atoms with Crippen molar-refractivity contribution >= 4 is 12.4 Å². The number of ether oxygens (including phenoxy) is 1. The highest BCUT2D eigenvalue weighted by Gasteiger charge is 2.18. The normalized spacial score (nSPS) is 18.3. The average molecular weight is 318 g/mol. The lowest BCUT2D eigenvalue weighted by Gasteiger charge is -2.21. The van der Waals surface area contributed by atoms with Gasteiger partial charge in [0.15, 0.2) is 11.6 Å². The maximum Gasteiger partial charge on any atom is 0.229 e. The van der Waals surface area contributed by atoms with Crippen LogP contribution >= 0.6 is 12.4 Å². The van der Waals surface area contributed by atoms with Crippen LogP contribution in [0.4, 0.5) is 8.78 Å². The molecule has 1 saturated heterocycles. The zero-order chi connectivity index (χ0) is 13.9. The highest BCUT2D eigenvalue weighted by molar-refractivity contribution is 5.85. The van der Waals surface area contributed by atoms with Gasteiger partial charge in [0.05, 0.1) is 19.1 Å². The minimum Gasteiger partial charge on any atom is -0.375 e. The van der Waals surface area contributed by atoms with E-state index in [2.05, 4.69) is 15.5 Å². The SMILES string of the molecule is Cl.Fc1ccc(-c2noc(CC3CNCCO3)n2)cc1F. The van der Waals surface area contributed by atoms with Gasteiger partial charge in [-0.2, -0.15) is 4.98 Å². The molecule has 0 radical (unpaired) electrons. The lowest BCUT2D eigenvalue weighted by atomic mass is 10.2. The molecule has 2 aromatic rings. The van der Waals surface area contributed by atoms with Crippen molar-refractivity contribution in [1.82, 2.24) is 15.5 Å². The predicted octanol–water partition coefficient (Wildman–Crippen LogP) is 1.97. The van der Waals surface area contributed by atoms with Gasteiger partial charge in [-0.15, -0.1) is 12.4 Å². The summed E-state index contributed by atoms with van der Waals surface area (Å²) < 4.78 is 36.7. The van der Waals surface area contributed by atoms with Crippen LogP contribution in [0, 0.1) is 11.6 Å². The van der Waals surface area contributed by atoms with E-state index in [1.807, 2.05) is 0 Å². The molecular weight excluding hydrogens is 304 g/mol. The van der Waals surface area contributed by atoms with Gasteiger partial charge in [-0.1, -0.05) is 5.16 Å². The first-order chi connectivity index (χ1) is 9.72. The van der Waals surface area contributed by atoms with Gasteiger partial charge in [0, 0.05) is 18.7 Å². The molecule has 1 N–H and O–H groups in total. The summed E-state index contributed by atoms with van der Waals surface area (Å²) in [6, 6.07) is 3.49. The predicted molar refractivity (Wildman–Crippen MR) is 73.2 cm³/mol. The number of nitrogens with zero attached hydrogens (tertiary/aromatic N) is 2. The molecule has 0 saturated carbocycles. The van der Waals surface area contributed by atoms with E-state index in [1.165, 1.54) is 6.07 Å². The molecule has 1 unspecified atom stereocenters. The Morgan fingerprint density at radius 1 is 1.29 bits per heavy atom. The third kappa shape index (κ3) is 3.75. The first-order valence-electron chi connectivity index (χ1n) is 6.33. The van der Waals surface area contributed by atoms with Crippen molar-refractivity contribution in [1.29, 1.82) is 0 Å². The fraction of sp³-hybridized carbons (Fsp3) is 0.385. The first-order valence-corrected chi connectivity index (χ1v) is 6.33. The first kappa shape index (κ1) is 15.8. The van der Waals surface area contributed by atoms with E-state index in [9.17, 15) is 8.78 Å². The zero-order valence-electron chi connectivity index (χ0n) is 11.0. The van der Waals surface area contributed by atoms with Crippen LogP contribution in [0.3, 0.4) is 0 Å². The van der Waals surface area contributed by atoms with Crippen LogP contribution in [0.25, 0.3) is 11.4 Å². The summed E-state index contributed by atoms with van der Waals surface area (Å²) in [4.78, 5) is 4.17. The van der Waals surface area contributed by atoms with E-state index in [4.69, 9.17) is 9.26 Å². The zero-order valence-corrected chi connectivity index (χ0v) is 11.8.